The zero-order valence-electron chi connectivity index (χ0n) is 19.8. The smallest absolute Gasteiger partial charge is 0.251 e. The normalized spacial score (nSPS) is 26.5. The minimum Gasteiger partial charge on any atom is -0.390 e. The van der Waals surface area contributed by atoms with Crippen molar-refractivity contribution in [2.75, 3.05) is 39.9 Å². The van der Waals surface area contributed by atoms with Crippen LogP contribution in [0.15, 0.2) is 24.3 Å². The number of benzene rings is 1. The van der Waals surface area contributed by atoms with Gasteiger partial charge in [-0.25, -0.2) is 0 Å². The second kappa shape index (κ2) is 10.9. The van der Waals surface area contributed by atoms with Gasteiger partial charge in [-0.05, 0) is 74.2 Å². The van der Waals surface area contributed by atoms with Crippen LogP contribution < -0.4 is 5.32 Å². The van der Waals surface area contributed by atoms with Crippen molar-refractivity contribution in [2.45, 2.75) is 76.2 Å². The van der Waals surface area contributed by atoms with Gasteiger partial charge in [-0.15, -0.1) is 0 Å². The third kappa shape index (κ3) is 6.30. The number of nitrogens with zero attached hydrogens (tertiary/aromatic N) is 1. The highest BCUT2D eigenvalue weighted by molar-refractivity contribution is 5.94. The summed E-state index contributed by atoms with van der Waals surface area (Å²) >= 11 is 0. The molecule has 1 saturated heterocycles. The predicted molar refractivity (Wildman–Crippen MR) is 125 cm³/mol. The van der Waals surface area contributed by atoms with Gasteiger partial charge in [0.25, 0.3) is 5.91 Å². The Labute approximate surface area is 188 Å². The maximum Gasteiger partial charge on any atom is 0.251 e. The molecule has 174 valence electrons. The Balaban J connectivity index is 1.54. The molecule has 0 radical (unpaired) electrons. The highest BCUT2D eigenvalue weighted by atomic mass is 16.5. The van der Waals surface area contributed by atoms with Gasteiger partial charge in [0.2, 0.25) is 0 Å². The van der Waals surface area contributed by atoms with E-state index in [0.717, 1.165) is 57.3 Å². The molecule has 0 aromatic heterocycles. The lowest BCUT2D eigenvalue weighted by Gasteiger charge is -2.45. The van der Waals surface area contributed by atoms with Gasteiger partial charge in [-0.1, -0.05) is 45.2 Å². The maximum atomic E-state index is 12.5. The number of likely N-dealkylation sites (tertiary alicyclic amines) is 1. The number of ether oxygens (including phenoxy) is 1. The summed E-state index contributed by atoms with van der Waals surface area (Å²) in [6, 6.07) is 8.16. The summed E-state index contributed by atoms with van der Waals surface area (Å²) in [6.45, 7) is 8.95. The average Bonchev–Trinajstić information content (AvgIpc) is 2.77. The Bertz CT molecular complexity index is 716. The summed E-state index contributed by atoms with van der Waals surface area (Å²) in [5.74, 6) is 0.471. The lowest BCUT2D eigenvalue weighted by molar-refractivity contribution is -0.00895. The number of amides is 1. The van der Waals surface area contributed by atoms with Crippen LogP contribution in [0.5, 0.6) is 0 Å². The Morgan fingerprint density at radius 1 is 1.26 bits per heavy atom. The summed E-state index contributed by atoms with van der Waals surface area (Å²) in [4.78, 5) is 15.0. The number of piperidine rings is 1. The van der Waals surface area contributed by atoms with Crippen molar-refractivity contribution in [3.8, 4) is 0 Å². The van der Waals surface area contributed by atoms with Crippen molar-refractivity contribution >= 4 is 5.91 Å². The van der Waals surface area contributed by atoms with Crippen LogP contribution in [-0.4, -0.2) is 61.4 Å². The molecule has 1 saturated carbocycles. The number of aliphatic hydroxyl groups is 1. The van der Waals surface area contributed by atoms with Crippen molar-refractivity contribution in [1.82, 2.24) is 10.2 Å². The van der Waals surface area contributed by atoms with Gasteiger partial charge in [0.1, 0.15) is 0 Å². The van der Waals surface area contributed by atoms with E-state index in [-0.39, 0.29) is 11.3 Å². The van der Waals surface area contributed by atoms with Crippen LogP contribution in [-0.2, 0) is 10.2 Å². The standard InChI is InChI=1S/C26H42N2O3/c1-21-20-28(16-8-13-26(30)11-5-4-6-12-26)17-14-25(21,2)23-10-7-9-22(19-23)24(29)27-15-18-31-3/h7,9-10,19,21,30H,4-6,8,11-18,20H2,1-3H3,(H,27,29)/t21-,25-/m0/s1. The van der Waals surface area contributed by atoms with Crippen LogP contribution in [0.3, 0.4) is 0 Å². The van der Waals surface area contributed by atoms with Crippen molar-refractivity contribution in [3.63, 3.8) is 0 Å². The van der Waals surface area contributed by atoms with Crippen molar-refractivity contribution < 1.29 is 14.6 Å². The van der Waals surface area contributed by atoms with Gasteiger partial charge in [0.15, 0.2) is 0 Å². The molecule has 0 spiro atoms. The van der Waals surface area contributed by atoms with E-state index >= 15 is 0 Å². The molecular formula is C26H42N2O3. The number of hydrogen-bond donors (Lipinski definition) is 2. The molecule has 2 fully saturated rings. The van der Waals surface area contributed by atoms with E-state index in [1.54, 1.807) is 7.11 Å². The van der Waals surface area contributed by atoms with E-state index in [1.807, 2.05) is 12.1 Å². The van der Waals surface area contributed by atoms with E-state index in [4.69, 9.17) is 4.74 Å². The third-order valence-corrected chi connectivity index (χ3v) is 7.84. The van der Waals surface area contributed by atoms with Crippen molar-refractivity contribution in [2.24, 2.45) is 5.92 Å². The molecule has 5 heteroatoms. The molecule has 2 N–H and O–H groups in total. The first-order valence-electron chi connectivity index (χ1n) is 12.2. The summed E-state index contributed by atoms with van der Waals surface area (Å²) in [7, 11) is 1.64. The molecule has 2 atom stereocenters. The van der Waals surface area contributed by atoms with Crippen LogP contribution in [0, 0.1) is 5.92 Å². The Morgan fingerprint density at radius 2 is 2.03 bits per heavy atom. The number of carbonyl (C=O) groups is 1. The van der Waals surface area contributed by atoms with Gasteiger partial charge < -0.3 is 20.1 Å². The van der Waals surface area contributed by atoms with E-state index in [1.165, 1.54) is 24.8 Å². The highest BCUT2D eigenvalue weighted by Gasteiger charge is 2.38. The monoisotopic (exact) mass is 430 g/mol. The first kappa shape index (κ1) is 24.2. The van der Waals surface area contributed by atoms with Gasteiger partial charge in [-0.3, -0.25) is 4.79 Å². The quantitative estimate of drug-likeness (QED) is 0.578. The average molecular weight is 431 g/mol. The third-order valence-electron chi connectivity index (χ3n) is 7.84. The molecule has 1 heterocycles. The maximum absolute atomic E-state index is 12.5. The summed E-state index contributed by atoms with van der Waals surface area (Å²) in [6.07, 6.45) is 8.71. The van der Waals surface area contributed by atoms with Crippen LogP contribution in [0.1, 0.15) is 81.1 Å². The largest absolute Gasteiger partial charge is 0.390 e. The van der Waals surface area contributed by atoms with Crippen LogP contribution in [0.2, 0.25) is 0 Å². The predicted octanol–water partition coefficient (Wildman–Crippen LogP) is 4.14. The number of carbonyl (C=O) groups excluding carboxylic acids is 1. The fourth-order valence-electron chi connectivity index (χ4n) is 5.42. The van der Waals surface area contributed by atoms with Crippen LogP contribution >= 0.6 is 0 Å². The van der Waals surface area contributed by atoms with Crippen LogP contribution in [0.4, 0.5) is 0 Å². The molecule has 0 bridgehead atoms. The molecule has 1 aromatic rings. The zero-order chi connectivity index (χ0) is 22.3. The fourth-order valence-corrected chi connectivity index (χ4v) is 5.42. The molecule has 0 unspecified atom stereocenters. The fraction of sp³-hybridized carbons (Fsp3) is 0.731. The summed E-state index contributed by atoms with van der Waals surface area (Å²) < 4.78 is 5.02. The number of hydrogen-bond acceptors (Lipinski definition) is 4. The minimum atomic E-state index is -0.404. The molecule has 1 aliphatic heterocycles. The summed E-state index contributed by atoms with van der Waals surface area (Å²) in [5.41, 5.74) is 1.65. The lowest BCUT2D eigenvalue weighted by Crippen LogP contribution is -2.47. The Kier molecular flexibility index (Phi) is 8.54. The van der Waals surface area contributed by atoms with Gasteiger partial charge in [0.05, 0.1) is 12.2 Å². The molecule has 1 amide bonds. The molecule has 2 aliphatic rings. The van der Waals surface area contributed by atoms with Crippen LogP contribution in [0.25, 0.3) is 0 Å². The molecule has 1 aromatic carbocycles. The second-order valence-electron chi connectivity index (χ2n) is 10.1. The number of nitrogens with one attached hydrogen (secondary N) is 1. The molecule has 31 heavy (non-hydrogen) atoms. The zero-order valence-corrected chi connectivity index (χ0v) is 19.8. The molecule has 1 aliphatic carbocycles. The SMILES string of the molecule is COCCNC(=O)c1cccc([C@@]2(C)CCN(CCCC3(O)CCCCC3)C[C@@H]2C)c1. The lowest BCUT2D eigenvalue weighted by atomic mass is 9.67. The topological polar surface area (TPSA) is 61.8 Å². The molecule has 3 rings (SSSR count). The molecule has 5 nitrogen and oxygen atoms in total. The Morgan fingerprint density at radius 3 is 2.74 bits per heavy atom. The first-order valence-corrected chi connectivity index (χ1v) is 12.2. The summed E-state index contributed by atoms with van der Waals surface area (Å²) in [5, 5.41) is 13.7. The van der Waals surface area contributed by atoms with E-state index < -0.39 is 5.60 Å². The highest BCUT2D eigenvalue weighted by Crippen LogP contribution is 2.40. The molecular weight excluding hydrogens is 388 g/mol. The van der Waals surface area contributed by atoms with E-state index in [2.05, 4.69) is 36.2 Å². The minimum absolute atomic E-state index is 0.0340. The second-order valence-corrected chi connectivity index (χ2v) is 10.1. The van der Waals surface area contributed by atoms with Crippen molar-refractivity contribution in [1.29, 1.82) is 0 Å². The van der Waals surface area contributed by atoms with Crippen molar-refractivity contribution in [3.05, 3.63) is 35.4 Å². The van der Waals surface area contributed by atoms with Gasteiger partial charge in [0, 0.05) is 25.8 Å². The number of methoxy groups -OCH3 is 1. The Hall–Kier alpha value is -1.43. The number of rotatable bonds is 9. The van der Waals surface area contributed by atoms with Gasteiger partial charge >= 0.3 is 0 Å². The van der Waals surface area contributed by atoms with E-state index in [9.17, 15) is 9.90 Å². The van der Waals surface area contributed by atoms with Gasteiger partial charge in [-0.2, -0.15) is 0 Å². The van der Waals surface area contributed by atoms with E-state index in [0.29, 0.717) is 19.1 Å². The first-order chi connectivity index (χ1) is 14.9.